The van der Waals surface area contributed by atoms with Crippen molar-refractivity contribution in [1.82, 2.24) is 5.43 Å². The summed E-state index contributed by atoms with van der Waals surface area (Å²) in [5.41, 5.74) is 6.06. The van der Waals surface area contributed by atoms with Gasteiger partial charge in [-0.3, -0.25) is 14.9 Å². The molecule has 0 aromatic heterocycles. The molecule has 0 saturated carbocycles. The zero-order valence-electron chi connectivity index (χ0n) is 14.3. The van der Waals surface area contributed by atoms with Gasteiger partial charge in [0, 0.05) is 12.1 Å². The predicted octanol–water partition coefficient (Wildman–Crippen LogP) is 3.05. The SMILES string of the molecule is Cc1ccc(C)c(OCC(=O)N/N=C/c2ccc([N+](=O)[O-])cc2)c1C. The van der Waals surface area contributed by atoms with Crippen LogP contribution in [0.25, 0.3) is 0 Å². The van der Waals surface area contributed by atoms with E-state index < -0.39 is 10.8 Å². The first-order valence-electron chi connectivity index (χ1n) is 7.64. The highest BCUT2D eigenvalue weighted by molar-refractivity contribution is 5.83. The number of hydrogen-bond donors (Lipinski definition) is 1. The van der Waals surface area contributed by atoms with Crippen LogP contribution in [0.3, 0.4) is 0 Å². The van der Waals surface area contributed by atoms with Crippen molar-refractivity contribution >= 4 is 17.8 Å². The van der Waals surface area contributed by atoms with Crippen molar-refractivity contribution in [3.8, 4) is 5.75 Å². The first-order valence-corrected chi connectivity index (χ1v) is 7.64. The van der Waals surface area contributed by atoms with Gasteiger partial charge < -0.3 is 4.74 Å². The maximum atomic E-state index is 11.8. The highest BCUT2D eigenvalue weighted by Gasteiger charge is 2.09. The van der Waals surface area contributed by atoms with Crippen molar-refractivity contribution in [3.63, 3.8) is 0 Å². The summed E-state index contributed by atoms with van der Waals surface area (Å²) in [5.74, 6) is 0.313. The molecule has 130 valence electrons. The number of hydrazone groups is 1. The number of hydrogen-bond acceptors (Lipinski definition) is 5. The van der Waals surface area contributed by atoms with E-state index >= 15 is 0 Å². The summed E-state index contributed by atoms with van der Waals surface area (Å²) in [5, 5.41) is 14.4. The van der Waals surface area contributed by atoms with Crippen molar-refractivity contribution in [2.45, 2.75) is 20.8 Å². The Kier molecular flexibility index (Phi) is 5.84. The molecule has 1 N–H and O–H groups in total. The number of aryl methyl sites for hydroxylation is 2. The number of nitrogens with one attached hydrogen (secondary N) is 1. The molecule has 25 heavy (non-hydrogen) atoms. The molecule has 2 aromatic rings. The lowest BCUT2D eigenvalue weighted by Crippen LogP contribution is -2.25. The smallest absolute Gasteiger partial charge is 0.277 e. The summed E-state index contributed by atoms with van der Waals surface area (Å²) in [7, 11) is 0. The Morgan fingerprint density at radius 2 is 1.80 bits per heavy atom. The Balaban J connectivity index is 1.89. The molecule has 0 saturated heterocycles. The Hall–Kier alpha value is -3.22. The number of carbonyl (C=O) groups excluding carboxylic acids is 1. The topological polar surface area (TPSA) is 93.8 Å². The van der Waals surface area contributed by atoms with Crippen LogP contribution in [0.2, 0.25) is 0 Å². The largest absolute Gasteiger partial charge is 0.483 e. The van der Waals surface area contributed by atoms with Gasteiger partial charge >= 0.3 is 0 Å². The summed E-state index contributed by atoms with van der Waals surface area (Å²) >= 11 is 0. The van der Waals surface area contributed by atoms with E-state index in [0.29, 0.717) is 11.3 Å². The van der Waals surface area contributed by atoms with Gasteiger partial charge in [0.1, 0.15) is 5.75 Å². The molecule has 0 spiro atoms. The van der Waals surface area contributed by atoms with Crippen LogP contribution in [-0.2, 0) is 4.79 Å². The van der Waals surface area contributed by atoms with E-state index in [2.05, 4.69) is 10.5 Å². The van der Waals surface area contributed by atoms with Gasteiger partial charge in [-0.1, -0.05) is 12.1 Å². The minimum Gasteiger partial charge on any atom is -0.483 e. The molecule has 0 aliphatic heterocycles. The van der Waals surface area contributed by atoms with Crippen LogP contribution in [0.5, 0.6) is 5.75 Å². The number of amides is 1. The van der Waals surface area contributed by atoms with E-state index in [9.17, 15) is 14.9 Å². The number of ether oxygens (including phenoxy) is 1. The zero-order valence-corrected chi connectivity index (χ0v) is 14.3. The van der Waals surface area contributed by atoms with Crippen LogP contribution < -0.4 is 10.2 Å². The molecule has 0 atom stereocenters. The molecular weight excluding hydrogens is 322 g/mol. The van der Waals surface area contributed by atoms with E-state index in [1.54, 1.807) is 12.1 Å². The predicted molar refractivity (Wildman–Crippen MR) is 95.0 cm³/mol. The summed E-state index contributed by atoms with van der Waals surface area (Å²) in [6, 6.07) is 9.78. The first kappa shape index (κ1) is 18.1. The number of benzene rings is 2. The Bertz CT molecular complexity index is 814. The monoisotopic (exact) mass is 341 g/mol. The molecule has 0 fully saturated rings. The van der Waals surface area contributed by atoms with Gasteiger partial charge in [0.25, 0.3) is 11.6 Å². The summed E-state index contributed by atoms with van der Waals surface area (Å²) in [6.07, 6.45) is 1.41. The maximum Gasteiger partial charge on any atom is 0.277 e. The Morgan fingerprint density at radius 1 is 1.16 bits per heavy atom. The minimum absolute atomic E-state index is 0.00141. The van der Waals surface area contributed by atoms with E-state index in [1.165, 1.54) is 18.3 Å². The maximum absolute atomic E-state index is 11.8. The van der Waals surface area contributed by atoms with E-state index in [4.69, 9.17) is 4.74 Å². The van der Waals surface area contributed by atoms with Crippen LogP contribution in [0.4, 0.5) is 5.69 Å². The van der Waals surface area contributed by atoms with Crippen LogP contribution in [-0.4, -0.2) is 23.7 Å². The summed E-state index contributed by atoms with van der Waals surface area (Å²) in [4.78, 5) is 21.9. The Labute approximate surface area is 145 Å². The number of rotatable bonds is 6. The fourth-order valence-electron chi connectivity index (χ4n) is 2.18. The summed E-state index contributed by atoms with van der Waals surface area (Å²) < 4.78 is 5.59. The molecule has 2 aromatic carbocycles. The van der Waals surface area contributed by atoms with Gasteiger partial charge in [0.15, 0.2) is 6.61 Å². The lowest BCUT2D eigenvalue weighted by Gasteiger charge is -2.13. The van der Waals surface area contributed by atoms with Crippen molar-refractivity contribution in [3.05, 3.63) is 68.8 Å². The molecule has 1 amide bonds. The molecule has 7 heteroatoms. The van der Waals surface area contributed by atoms with Gasteiger partial charge in [0.05, 0.1) is 11.1 Å². The lowest BCUT2D eigenvalue weighted by molar-refractivity contribution is -0.384. The van der Waals surface area contributed by atoms with Crippen molar-refractivity contribution < 1.29 is 14.5 Å². The molecule has 0 bridgehead atoms. The first-order chi connectivity index (χ1) is 11.9. The number of carbonyl (C=O) groups is 1. The third-order valence-corrected chi connectivity index (χ3v) is 3.73. The van der Waals surface area contributed by atoms with Crippen molar-refractivity contribution in [2.75, 3.05) is 6.61 Å². The normalized spacial score (nSPS) is 10.7. The van der Waals surface area contributed by atoms with Crippen LogP contribution >= 0.6 is 0 Å². The van der Waals surface area contributed by atoms with Gasteiger partial charge in [0.2, 0.25) is 0 Å². The molecule has 0 unspecified atom stereocenters. The molecular formula is C18H19N3O4. The number of nitro groups is 1. The quantitative estimate of drug-likeness (QED) is 0.496. The molecule has 0 heterocycles. The second-order valence-corrected chi connectivity index (χ2v) is 5.58. The van der Waals surface area contributed by atoms with E-state index in [-0.39, 0.29) is 12.3 Å². The number of nitro benzene ring substituents is 1. The average Bonchev–Trinajstić information content (AvgIpc) is 2.59. The molecule has 2 rings (SSSR count). The van der Waals surface area contributed by atoms with Crippen LogP contribution in [0.1, 0.15) is 22.3 Å². The standard InChI is InChI=1S/C18H19N3O4/c1-12-4-5-13(2)18(14(12)3)25-11-17(22)20-19-10-15-6-8-16(9-7-15)21(23)24/h4-10H,11H2,1-3H3,(H,20,22)/b19-10+. The van der Waals surface area contributed by atoms with Gasteiger partial charge in [-0.25, -0.2) is 5.43 Å². The molecule has 7 nitrogen and oxygen atoms in total. The molecule has 0 aliphatic carbocycles. The number of non-ortho nitro benzene ring substituents is 1. The lowest BCUT2D eigenvalue weighted by atomic mass is 10.1. The highest BCUT2D eigenvalue weighted by atomic mass is 16.6. The average molecular weight is 341 g/mol. The number of nitrogens with zero attached hydrogens (tertiary/aromatic N) is 2. The fourth-order valence-corrected chi connectivity index (χ4v) is 2.18. The third-order valence-electron chi connectivity index (χ3n) is 3.73. The van der Waals surface area contributed by atoms with Gasteiger partial charge in [-0.05, 0) is 55.2 Å². The van der Waals surface area contributed by atoms with Crippen LogP contribution in [0.15, 0.2) is 41.5 Å². The van der Waals surface area contributed by atoms with Crippen LogP contribution in [0, 0.1) is 30.9 Å². The fraction of sp³-hybridized carbons (Fsp3) is 0.222. The molecule has 0 radical (unpaired) electrons. The van der Waals surface area contributed by atoms with Crippen molar-refractivity contribution in [1.29, 1.82) is 0 Å². The summed E-state index contributed by atoms with van der Waals surface area (Å²) in [6.45, 7) is 5.70. The second kappa shape index (κ2) is 8.05. The minimum atomic E-state index is -0.477. The second-order valence-electron chi connectivity index (χ2n) is 5.58. The van der Waals surface area contributed by atoms with E-state index in [1.807, 2.05) is 32.9 Å². The Morgan fingerprint density at radius 3 is 2.44 bits per heavy atom. The zero-order chi connectivity index (χ0) is 18.4. The third kappa shape index (κ3) is 4.87. The van der Waals surface area contributed by atoms with Crippen molar-refractivity contribution in [2.24, 2.45) is 5.10 Å². The van der Waals surface area contributed by atoms with E-state index in [0.717, 1.165) is 16.7 Å². The highest BCUT2D eigenvalue weighted by Crippen LogP contribution is 2.25. The van der Waals surface area contributed by atoms with Gasteiger partial charge in [-0.2, -0.15) is 5.10 Å². The molecule has 0 aliphatic rings. The van der Waals surface area contributed by atoms with Gasteiger partial charge in [-0.15, -0.1) is 0 Å².